The van der Waals surface area contributed by atoms with Crippen molar-refractivity contribution in [1.82, 2.24) is 4.98 Å². The zero-order valence-corrected chi connectivity index (χ0v) is 14.3. The molecule has 10 heteroatoms. The maximum atomic E-state index is 12.5. The lowest BCUT2D eigenvalue weighted by Gasteiger charge is -2.05. The number of benzene rings is 2. The van der Waals surface area contributed by atoms with E-state index < -0.39 is 16.7 Å². The summed E-state index contributed by atoms with van der Waals surface area (Å²) < 4.78 is 37.5. The van der Waals surface area contributed by atoms with Gasteiger partial charge in [-0.15, -0.1) is 11.3 Å². The largest absolute Gasteiger partial charge is 0.416 e. The summed E-state index contributed by atoms with van der Waals surface area (Å²) >= 11 is 1.25. The minimum absolute atomic E-state index is 0.0321. The van der Waals surface area contributed by atoms with Gasteiger partial charge in [-0.25, -0.2) is 4.98 Å². The number of nitrogens with zero attached hydrogens (tertiary/aromatic N) is 3. The standard InChI is InChI=1S/C17H11F3N4O2S/c18-17(19,20)13-6-4-11(5-7-13)9-21-23-16-22-15(10-27-16)12-2-1-3-14(8-12)24(25)26/h1-10H,(H,22,23)/b21-9+. The first-order chi connectivity index (χ1) is 12.8. The van der Waals surface area contributed by atoms with E-state index in [4.69, 9.17) is 0 Å². The monoisotopic (exact) mass is 392 g/mol. The number of hydrazone groups is 1. The first-order valence-electron chi connectivity index (χ1n) is 7.49. The van der Waals surface area contributed by atoms with Gasteiger partial charge in [-0.2, -0.15) is 18.3 Å². The third-order valence-corrected chi connectivity index (χ3v) is 4.22. The van der Waals surface area contributed by atoms with Crippen molar-refractivity contribution in [3.63, 3.8) is 0 Å². The van der Waals surface area contributed by atoms with E-state index >= 15 is 0 Å². The fraction of sp³-hybridized carbons (Fsp3) is 0.0588. The Morgan fingerprint density at radius 1 is 1.19 bits per heavy atom. The minimum atomic E-state index is -4.38. The van der Waals surface area contributed by atoms with Gasteiger partial charge in [0.2, 0.25) is 5.13 Å². The lowest BCUT2D eigenvalue weighted by atomic mass is 10.1. The first kappa shape index (κ1) is 18.5. The van der Waals surface area contributed by atoms with Crippen molar-refractivity contribution >= 4 is 28.4 Å². The number of alkyl halides is 3. The molecule has 0 atom stereocenters. The summed E-state index contributed by atoms with van der Waals surface area (Å²) in [5, 5.41) is 16.9. The van der Waals surface area contributed by atoms with Crippen molar-refractivity contribution in [1.29, 1.82) is 0 Å². The molecule has 1 aromatic heterocycles. The zero-order valence-electron chi connectivity index (χ0n) is 13.5. The molecule has 0 radical (unpaired) electrons. The third-order valence-electron chi connectivity index (χ3n) is 3.47. The molecular formula is C17H11F3N4O2S. The van der Waals surface area contributed by atoms with E-state index in [0.29, 0.717) is 22.0 Å². The van der Waals surface area contributed by atoms with E-state index in [1.165, 1.54) is 41.8 Å². The van der Waals surface area contributed by atoms with E-state index in [0.717, 1.165) is 12.1 Å². The van der Waals surface area contributed by atoms with Crippen LogP contribution in [0.15, 0.2) is 59.0 Å². The van der Waals surface area contributed by atoms with E-state index in [1.807, 2.05) is 0 Å². The highest BCUT2D eigenvalue weighted by molar-refractivity contribution is 7.14. The van der Waals surface area contributed by atoms with E-state index in [9.17, 15) is 23.3 Å². The van der Waals surface area contributed by atoms with Crippen LogP contribution in [-0.4, -0.2) is 16.1 Å². The number of rotatable bonds is 5. The second-order valence-corrected chi connectivity index (χ2v) is 6.19. The second kappa shape index (κ2) is 7.54. The van der Waals surface area contributed by atoms with Gasteiger partial charge in [-0.1, -0.05) is 24.3 Å². The number of anilines is 1. The van der Waals surface area contributed by atoms with Gasteiger partial charge in [0.1, 0.15) is 0 Å². The van der Waals surface area contributed by atoms with Gasteiger partial charge in [0, 0.05) is 23.1 Å². The molecule has 0 fully saturated rings. The number of thiazole rings is 1. The van der Waals surface area contributed by atoms with Crippen molar-refractivity contribution in [3.05, 3.63) is 75.2 Å². The number of hydrogen-bond donors (Lipinski definition) is 1. The lowest BCUT2D eigenvalue weighted by molar-refractivity contribution is -0.384. The Kier molecular flexibility index (Phi) is 5.17. The summed E-state index contributed by atoms with van der Waals surface area (Å²) in [6.07, 6.45) is -3.01. The van der Waals surface area contributed by atoms with Crippen LogP contribution in [0.1, 0.15) is 11.1 Å². The van der Waals surface area contributed by atoms with Crippen molar-refractivity contribution in [2.24, 2.45) is 5.10 Å². The molecule has 0 spiro atoms. The van der Waals surface area contributed by atoms with Crippen molar-refractivity contribution in [3.8, 4) is 11.3 Å². The van der Waals surface area contributed by atoms with Crippen LogP contribution in [0.25, 0.3) is 11.3 Å². The molecule has 2 aromatic carbocycles. The number of aromatic nitrogens is 1. The maximum Gasteiger partial charge on any atom is 0.416 e. The number of nitrogens with one attached hydrogen (secondary N) is 1. The number of halogens is 3. The molecule has 0 amide bonds. The average Bonchev–Trinajstić information content (AvgIpc) is 3.10. The maximum absolute atomic E-state index is 12.5. The van der Waals surface area contributed by atoms with Crippen LogP contribution in [0.5, 0.6) is 0 Å². The van der Waals surface area contributed by atoms with Crippen molar-refractivity contribution in [2.75, 3.05) is 5.43 Å². The molecule has 0 bridgehead atoms. The van der Waals surface area contributed by atoms with Crippen LogP contribution in [0.2, 0.25) is 0 Å². The Morgan fingerprint density at radius 3 is 2.59 bits per heavy atom. The molecule has 0 aliphatic carbocycles. The molecule has 0 saturated carbocycles. The molecule has 27 heavy (non-hydrogen) atoms. The predicted molar refractivity (Wildman–Crippen MR) is 96.9 cm³/mol. The SMILES string of the molecule is O=[N+]([O-])c1cccc(-c2csc(N/N=C/c3ccc(C(F)(F)F)cc3)n2)c1. The van der Waals surface area contributed by atoms with E-state index in [-0.39, 0.29) is 5.69 Å². The predicted octanol–water partition coefficient (Wildman–Crippen LogP) is 5.18. The highest BCUT2D eigenvalue weighted by atomic mass is 32.1. The molecule has 1 heterocycles. The molecule has 0 aliphatic heterocycles. The Hall–Kier alpha value is -3.27. The fourth-order valence-corrected chi connectivity index (χ4v) is 2.83. The number of non-ortho nitro benzene ring substituents is 1. The van der Waals surface area contributed by atoms with Gasteiger partial charge in [-0.05, 0) is 17.7 Å². The highest BCUT2D eigenvalue weighted by Gasteiger charge is 2.29. The van der Waals surface area contributed by atoms with Gasteiger partial charge in [0.15, 0.2) is 0 Å². The Balaban J connectivity index is 1.67. The van der Waals surface area contributed by atoms with Gasteiger partial charge in [0.25, 0.3) is 5.69 Å². The number of nitro groups is 1. The molecule has 0 aliphatic rings. The molecular weight excluding hydrogens is 381 g/mol. The minimum Gasteiger partial charge on any atom is -0.258 e. The van der Waals surface area contributed by atoms with Crippen molar-refractivity contribution in [2.45, 2.75) is 6.18 Å². The van der Waals surface area contributed by atoms with Crippen LogP contribution in [0.3, 0.4) is 0 Å². The van der Waals surface area contributed by atoms with Gasteiger partial charge >= 0.3 is 6.18 Å². The number of nitro benzene ring substituents is 1. The van der Waals surface area contributed by atoms with Gasteiger partial charge in [-0.3, -0.25) is 15.5 Å². The molecule has 0 unspecified atom stereocenters. The van der Waals surface area contributed by atoms with E-state index in [2.05, 4.69) is 15.5 Å². The Morgan fingerprint density at radius 2 is 1.93 bits per heavy atom. The van der Waals surface area contributed by atoms with E-state index in [1.54, 1.807) is 17.5 Å². The number of hydrogen-bond acceptors (Lipinski definition) is 6. The Bertz CT molecular complexity index is 984. The van der Waals surface area contributed by atoms with Crippen molar-refractivity contribution < 1.29 is 18.1 Å². The molecule has 3 rings (SSSR count). The summed E-state index contributed by atoms with van der Waals surface area (Å²) in [5.74, 6) is 0. The van der Waals surface area contributed by atoms with Crippen LogP contribution in [0.4, 0.5) is 24.0 Å². The topological polar surface area (TPSA) is 80.4 Å². The molecule has 3 aromatic rings. The van der Waals surface area contributed by atoms with Crippen LogP contribution >= 0.6 is 11.3 Å². The zero-order chi connectivity index (χ0) is 19.4. The molecule has 138 valence electrons. The third kappa shape index (κ3) is 4.67. The van der Waals surface area contributed by atoms with Crippen LogP contribution < -0.4 is 5.43 Å². The summed E-state index contributed by atoms with van der Waals surface area (Å²) in [4.78, 5) is 14.6. The Labute approximate surface area is 155 Å². The molecule has 6 nitrogen and oxygen atoms in total. The lowest BCUT2D eigenvalue weighted by Crippen LogP contribution is -2.04. The van der Waals surface area contributed by atoms with Crippen LogP contribution in [-0.2, 0) is 6.18 Å². The summed E-state index contributed by atoms with van der Waals surface area (Å²) in [6.45, 7) is 0. The second-order valence-electron chi connectivity index (χ2n) is 5.34. The average molecular weight is 392 g/mol. The molecule has 1 N–H and O–H groups in total. The summed E-state index contributed by atoms with van der Waals surface area (Å²) in [6, 6.07) is 10.7. The van der Waals surface area contributed by atoms with Gasteiger partial charge < -0.3 is 0 Å². The van der Waals surface area contributed by atoms with Crippen LogP contribution in [0, 0.1) is 10.1 Å². The summed E-state index contributed by atoms with van der Waals surface area (Å²) in [7, 11) is 0. The highest BCUT2D eigenvalue weighted by Crippen LogP contribution is 2.29. The summed E-state index contributed by atoms with van der Waals surface area (Å²) in [5.41, 5.74) is 3.57. The normalized spacial score (nSPS) is 11.7. The molecule has 0 saturated heterocycles. The first-order valence-corrected chi connectivity index (χ1v) is 8.37. The quantitative estimate of drug-likeness (QED) is 0.368. The fourth-order valence-electron chi connectivity index (χ4n) is 2.16. The smallest absolute Gasteiger partial charge is 0.258 e. The van der Waals surface area contributed by atoms with Gasteiger partial charge in [0.05, 0.1) is 22.4 Å².